The van der Waals surface area contributed by atoms with E-state index in [-0.39, 0.29) is 12.6 Å². The molecule has 1 atom stereocenters. The molecule has 0 aromatic heterocycles. The lowest BCUT2D eigenvalue weighted by Gasteiger charge is -2.23. The summed E-state index contributed by atoms with van der Waals surface area (Å²) in [5, 5.41) is -0.489. The molecule has 0 radical (unpaired) electrons. The lowest BCUT2D eigenvalue weighted by molar-refractivity contribution is 0.0736. The van der Waals surface area contributed by atoms with E-state index >= 15 is 0 Å². The molecule has 0 bridgehead atoms. The second kappa shape index (κ2) is 7.21. The van der Waals surface area contributed by atoms with Crippen molar-refractivity contribution in [2.24, 2.45) is 5.73 Å². The van der Waals surface area contributed by atoms with Crippen molar-refractivity contribution in [3.63, 3.8) is 0 Å². The Morgan fingerprint density at radius 1 is 1.38 bits per heavy atom. The van der Waals surface area contributed by atoms with Gasteiger partial charge in [-0.1, -0.05) is 6.92 Å². The summed E-state index contributed by atoms with van der Waals surface area (Å²) < 4.78 is 30.6. The minimum absolute atomic E-state index is 0.118. The third-order valence-corrected chi connectivity index (χ3v) is 4.85. The number of nitrogens with zero attached hydrogens (tertiary/aromatic N) is 1. The molecule has 0 fully saturated rings. The van der Waals surface area contributed by atoms with Gasteiger partial charge in [0.2, 0.25) is 10.0 Å². The Morgan fingerprint density at radius 2 is 1.94 bits per heavy atom. The first-order valence-electron chi connectivity index (χ1n) is 5.63. The third kappa shape index (κ3) is 4.78. The summed E-state index contributed by atoms with van der Waals surface area (Å²) in [5.41, 5.74) is 5.45. The normalized spacial score (nSPS) is 14.7. The first kappa shape index (κ1) is 15.8. The molecule has 0 aliphatic heterocycles. The molecule has 16 heavy (non-hydrogen) atoms. The molecule has 0 rings (SSSR count). The van der Waals surface area contributed by atoms with Gasteiger partial charge in [-0.25, -0.2) is 12.7 Å². The predicted octanol–water partition coefficient (Wildman–Crippen LogP) is 0.410. The average Bonchev–Trinajstić information content (AvgIpc) is 2.18. The topological polar surface area (TPSA) is 72.6 Å². The maximum absolute atomic E-state index is 12.0. The van der Waals surface area contributed by atoms with Crippen LogP contribution in [0.4, 0.5) is 0 Å². The molecule has 98 valence electrons. The molecular weight excluding hydrogens is 228 g/mol. The molecule has 2 N–H and O–H groups in total. The molecule has 1 unspecified atom stereocenters. The molecule has 5 nitrogen and oxygen atoms in total. The van der Waals surface area contributed by atoms with Crippen LogP contribution in [0.1, 0.15) is 27.2 Å². The fraction of sp³-hybridized carbons (Fsp3) is 1.00. The Bertz CT molecular complexity index is 274. The zero-order chi connectivity index (χ0) is 12.8. The summed E-state index contributed by atoms with van der Waals surface area (Å²) in [6, 6.07) is 0. The minimum atomic E-state index is -3.27. The quantitative estimate of drug-likeness (QED) is 0.679. The standard InChI is InChI=1S/C10H24N2O3S/c1-5-10(8-11)16(13,14)12(4)6-7-15-9(2)3/h9-10H,5-8,11H2,1-4H3. The number of likely N-dealkylation sites (N-methyl/N-ethyl adjacent to an activating group) is 1. The van der Waals surface area contributed by atoms with Crippen LogP contribution in [0.5, 0.6) is 0 Å². The van der Waals surface area contributed by atoms with E-state index in [1.807, 2.05) is 20.8 Å². The van der Waals surface area contributed by atoms with Gasteiger partial charge in [-0.3, -0.25) is 0 Å². The minimum Gasteiger partial charge on any atom is -0.377 e. The number of nitrogens with two attached hydrogens (primary N) is 1. The molecule has 0 aliphatic carbocycles. The Balaban J connectivity index is 4.29. The maximum Gasteiger partial charge on any atom is 0.218 e. The Kier molecular flexibility index (Phi) is 7.14. The van der Waals surface area contributed by atoms with Crippen LogP contribution in [0.2, 0.25) is 0 Å². The molecule has 0 saturated carbocycles. The van der Waals surface area contributed by atoms with E-state index in [2.05, 4.69) is 0 Å². The van der Waals surface area contributed by atoms with Gasteiger partial charge < -0.3 is 10.5 Å². The summed E-state index contributed by atoms with van der Waals surface area (Å²) in [4.78, 5) is 0. The van der Waals surface area contributed by atoms with E-state index in [0.29, 0.717) is 19.6 Å². The number of rotatable bonds is 8. The van der Waals surface area contributed by atoms with Crippen LogP contribution in [0.25, 0.3) is 0 Å². The van der Waals surface area contributed by atoms with Crippen LogP contribution in [0, 0.1) is 0 Å². The lowest BCUT2D eigenvalue weighted by atomic mass is 10.3. The Morgan fingerprint density at radius 3 is 2.31 bits per heavy atom. The number of ether oxygens (including phenoxy) is 1. The first-order valence-corrected chi connectivity index (χ1v) is 7.13. The Hall–Kier alpha value is -0.170. The van der Waals surface area contributed by atoms with E-state index < -0.39 is 15.3 Å². The molecule has 0 aromatic rings. The molecule has 0 heterocycles. The van der Waals surface area contributed by atoms with Crippen molar-refractivity contribution in [1.29, 1.82) is 0 Å². The van der Waals surface area contributed by atoms with Crippen molar-refractivity contribution < 1.29 is 13.2 Å². The molecule has 6 heteroatoms. The van der Waals surface area contributed by atoms with Crippen molar-refractivity contribution in [2.75, 3.05) is 26.7 Å². The summed E-state index contributed by atoms with van der Waals surface area (Å²) in [7, 11) is -1.70. The zero-order valence-corrected chi connectivity index (χ0v) is 11.5. The van der Waals surface area contributed by atoms with Crippen molar-refractivity contribution >= 4 is 10.0 Å². The van der Waals surface area contributed by atoms with E-state index in [9.17, 15) is 8.42 Å². The highest BCUT2D eigenvalue weighted by Gasteiger charge is 2.26. The molecular formula is C10H24N2O3S. The Labute approximate surface area is 99.0 Å². The number of hydrogen-bond acceptors (Lipinski definition) is 4. The van der Waals surface area contributed by atoms with Crippen LogP contribution in [-0.4, -0.2) is 50.8 Å². The van der Waals surface area contributed by atoms with Gasteiger partial charge in [0.05, 0.1) is 18.0 Å². The van der Waals surface area contributed by atoms with Crippen molar-refractivity contribution in [2.45, 2.75) is 38.5 Å². The monoisotopic (exact) mass is 252 g/mol. The van der Waals surface area contributed by atoms with Crippen molar-refractivity contribution in [1.82, 2.24) is 4.31 Å². The van der Waals surface area contributed by atoms with E-state index in [1.54, 1.807) is 7.05 Å². The summed E-state index contributed by atoms with van der Waals surface area (Å²) in [6.07, 6.45) is 0.654. The van der Waals surface area contributed by atoms with Gasteiger partial charge in [-0.2, -0.15) is 0 Å². The molecule has 0 aromatic carbocycles. The maximum atomic E-state index is 12.0. The van der Waals surface area contributed by atoms with Gasteiger partial charge in [0, 0.05) is 20.1 Å². The van der Waals surface area contributed by atoms with Crippen molar-refractivity contribution in [3.05, 3.63) is 0 Å². The van der Waals surface area contributed by atoms with Crippen LogP contribution in [-0.2, 0) is 14.8 Å². The highest BCUT2D eigenvalue weighted by Crippen LogP contribution is 2.09. The fourth-order valence-corrected chi connectivity index (χ4v) is 2.80. The van der Waals surface area contributed by atoms with Gasteiger partial charge in [-0.15, -0.1) is 0 Å². The zero-order valence-electron chi connectivity index (χ0n) is 10.6. The van der Waals surface area contributed by atoms with Gasteiger partial charge >= 0.3 is 0 Å². The molecule has 0 spiro atoms. The fourth-order valence-electron chi connectivity index (χ4n) is 1.30. The second-order valence-electron chi connectivity index (χ2n) is 4.05. The van der Waals surface area contributed by atoms with E-state index in [0.717, 1.165) is 0 Å². The summed E-state index contributed by atoms with van der Waals surface area (Å²) >= 11 is 0. The number of hydrogen-bond donors (Lipinski definition) is 1. The SMILES string of the molecule is CCC(CN)S(=O)(=O)N(C)CCOC(C)C. The van der Waals surface area contributed by atoms with Crippen LogP contribution in [0.15, 0.2) is 0 Å². The van der Waals surface area contributed by atoms with E-state index in [1.165, 1.54) is 4.31 Å². The van der Waals surface area contributed by atoms with Gasteiger partial charge in [-0.05, 0) is 20.3 Å². The highest BCUT2D eigenvalue weighted by atomic mass is 32.2. The lowest BCUT2D eigenvalue weighted by Crippen LogP contribution is -2.41. The van der Waals surface area contributed by atoms with Gasteiger partial charge in [0.25, 0.3) is 0 Å². The van der Waals surface area contributed by atoms with Gasteiger partial charge in [0.15, 0.2) is 0 Å². The van der Waals surface area contributed by atoms with Crippen LogP contribution in [0.3, 0.4) is 0 Å². The number of sulfonamides is 1. The molecule has 0 saturated heterocycles. The van der Waals surface area contributed by atoms with Crippen LogP contribution >= 0.6 is 0 Å². The molecule has 0 amide bonds. The smallest absolute Gasteiger partial charge is 0.218 e. The van der Waals surface area contributed by atoms with E-state index in [4.69, 9.17) is 10.5 Å². The second-order valence-corrected chi connectivity index (χ2v) is 6.37. The highest BCUT2D eigenvalue weighted by molar-refractivity contribution is 7.89. The summed E-state index contributed by atoms with van der Waals surface area (Å²) in [5.74, 6) is 0. The third-order valence-electron chi connectivity index (χ3n) is 2.43. The van der Waals surface area contributed by atoms with Gasteiger partial charge in [0.1, 0.15) is 0 Å². The largest absolute Gasteiger partial charge is 0.377 e. The predicted molar refractivity (Wildman–Crippen MR) is 65.8 cm³/mol. The summed E-state index contributed by atoms with van der Waals surface area (Å²) in [6.45, 7) is 6.61. The first-order chi connectivity index (χ1) is 7.36. The average molecular weight is 252 g/mol. The van der Waals surface area contributed by atoms with Crippen LogP contribution < -0.4 is 5.73 Å². The van der Waals surface area contributed by atoms with Crippen molar-refractivity contribution in [3.8, 4) is 0 Å². The molecule has 0 aliphatic rings.